The summed E-state index contributed by atoms with van der Waals surface area (Å²) < 4.78 is 0. The van der Waals surface area contributed by atoms with Crippen LogP contribution >= 0.6 is 0 Å². The zero-order valence-electron chi connectivity index (χ0n) is 7.46. The van der Waals surface area contributed by atoms with Gasteiger partial charge in [-0.05, 0) is 30.9 Å². The molecule has 0 aromatic carbocycles. The molecule has 0 aliphatic heterocycles. The minimum Gasteiger partial charge on any atom is -0.357 e. The Kier molecular flexibility index (Phi) is 1.42. The number of hydrogen-bond acceptors (Lipinski definition) is 1. The fourth-order valence-corrected chi connectivity index (χ4v) is 1.93. The third kappa shape index (κ3) is 1.05. The molecule has 66 valence electrons. The summed E-state index contributed by atoms with van der Waals surface area (Å²) in [6, 6.07) is 4.33. The van der Waals surface area contributed by atoms with Crippen LogP contribution in [0.25, 0.3) is 10.9 Å². The molecular formula is C11H12N2. The summed E-state index contributed by atoms with van der Waals surface area (Å²) in [5.74, 6) is 0.785. The van der Waals surface area contributed by atoms with E-state index >= 15 is 0 Å². The Balaban J connectivity index is 2.10. The van der Waals surface area contributed by atoms with Gasteiger partial charge in [-0.3, -0.25) is 4.98 Å². The fraction of sp³-hybridized carbons (Fsp3) is 0.364. The molecule has 0 bridgehead atoms. The van der Waals surface area contributed by atoms with Gasteiger partial charge in [0.15, 0.2) is 0 Å². The predicted molar refractivity (Wildman–Crippen MR) is 52.7 cm³/mol. The molecular weight excluding hydrogens is 160 g/mol. The smallest absolute Gasteiger partial charge is 0.0642 e. The molecule has 0 radical (unpaired) electrons. The van der Waals surface area contributed by atoms with Crippen LogP contribution in [0.2, 0.25) is 0 Å². The summed E-state index contributed by atoms with van der Waals surface area (Å²) in [5, 5.41) is 1.29. The highest BCUT2D eigenvalue weighted by Crippen LogP contribution is 2.36. The van der Waals surface area contributed by atoms with Crippen molar-refractivity contribution in [1.29, 1.82) is 0 Å². The van der Waals surface area contributed by atoms with Crippen molar-refractivity contribution in [2.75, 3.05) is 0 Å². The Labute approximate surface area is 77.0 Å². The first-order valence-corrected chi connectivity index (χ1v) is 4.86. The highest BCUT2D eigenvalue weighted by atomic mass is 14.8. The van der Waals surface area contributed by atoms with E-state index in [9.17, 15) is 0 Å². The van der Waals surface area contributed by atoms with E-state index in [1.54, 1.807) is 0 Å². The van der Waals surface area contributed by atoms with Crippen molar-refractivity contribution in [2.45, 2.75) is 25.2 Å². The first kappa shape index (κ1) is 7.13. The van der Waals surface area contributed by atoms with E-state index in [1.165, 1.54) is 35.9 Å². The summed E-state index contributed by atoms with van der Waals surface area (Å²) in [4.78, 5) is 7.53. The molecule has 0 spiro atoms. The van der Waals surface area contributed by atoms with Gasteiger partial charge in [-0.2, -0.15) is 0 Å². The molecule has 1 saturated carbocycles. The molecule has 3 rings (SSSR count). The fourth-order valence-electron chi connectivity index (χ4n) is 1.93. The van der Waals surface area contributed by atoms with Crippen molar-refractivity contribution < 1.29 is 0 Å². The topological polar surface area (TPSA) is 28.7 Å². The van der Waals surface area contributed by atoms with Crippen LogP contribution in [0.3, 0.4) is 0 Å². The molecule has 1 aliphatic carbocycles. The predicted octanol–water partition coefficient (Wildman–Crippen LogP) is 2.83. The zero-order chi connectivity index (χ0) is 8.67. The second kappa shape index (κ2) is 2.59. The van der Waals surface area contributed by atoms with Gasteiger partial charge in [-0.1, -0.05) is 6.42 Å². The van der Waals surface area contributed by atoms with Crippen molar-refractivity contribution in [1.82, 2.24) is 9.97 Å². The summed E-state index contributed by atoms with van der Waals surface area (Å²) in [7, 11) is 0. The van der Waals surface area contributed by atoms with E-state index in [1.807, 2.05) is 12.4 Å². The summed E-state index contributed by atoms with van der Waals surface area (Å²) >= 11 is 0. The van der Waals surface area contributed by atoms with Crippen LogP contribution < -0.4 is 0 Å². The maximum absolute atomic E-state index is 4.10. The average molecular weight is 172 g/mol. The largest absolute Gasteiger partial charge is 0.357 e. The number of H-pyrrole nitrogens is 1. The molecule has 0 atom stereocenters. The Morgan fingerprint density at radius 1 is 1.38 bits per heavy atom. The van der Waals surface area contributed by atoms with Crippen LogP contribution in [0.5, 0.6) is 0 Å². The van der Waals surface area contributed by atoms with Gasteiger partial charge in [0.2, 0.25) is 0 Å². The van der Waals surface area contributed by atoms with Gasteiger partial charge in [0, 0.05) is 17.3 Å². The quantitative estimate of drug-likeness (QED) is 0.704. The van der Waals surface area contributed by atoms with Gasteiger partial charge < -0.3 is 4.98 Å². The lowest BCUT2D eigenvalue weighted by molar-refractivity contribution is 0.413. The Morgan fingerprint density at radius 3 is 3.00 bits per heavy atom. The SMILES string of the molecule is c1cc2cc(C3CCC3)[nH]c2cn1. The van der Waals surface area contributed by atoms with E-state index in [0.717, 1.165) is 5.92 Å². The van der Waals surface area contributed by atoms with Crippen LogP contribution in [0.1, 0.15) is 30.9 Å². The number of nitrogens with zero attached hydrogens (tertiary/aromatic N) is 1. The molecule has 2 aromatic heterocycles. The lowest BCUT2D eigenvalue weighted by Crippen LogP contribution is -2.08. The highest BCUT2D eigenvalue weighted by molar-refractivity contribution is 5.79. The van der Waals surface area contributed by atoms with Crippen molar-refractivity contribution in [3.63, 3.8) is 0 Å². The van der Waals surface area contributed by atoms with Gasteiger partial charge in [0.25, 0.3) is 0 Å². The number of rotatable bonds is 1. The van der Waals surface area contributed by atoms with E-state index < -0.39 is 0 Å². The monoisotopic (exact) mass is 172 g/mol. The standard InChI is InChI=1S/C11H12N2/c1-2-8(3-1)10-6-9-4-5-12-7-11(9)13-10/h4-8,13H,1-3H2. The molecule has 0 unspecified atom stereocenters. The van der Waals surface area contributed by atoms with Crippen molar-refractivity contribution in [3.8, 4) is 0 Å². The van der Waals surface area contributed by atoms with E-state index in [-0.39, 0.29) is 0 Å². The molecule has 13 heavy (non-hydrogen) atoms. The molecule has 0 amide bonds. The molecule has 2 heterocycles. The van der Waals surface area contributed by atoms with E-state index in [4.69, 9.17) is 0 Å². The molecule has 1 N–H and O–H groups in total. The molecule has 2 aromatic rings. The average Bonchev–Trinajstić information content (AvgIpc) is 2.43. The van der Waals surface area contributed by atoms with Gasteiger partial charge >= 0.3 is 0 Å². The van der Waals surface area contributed by atoms with Crippen LogP contribution in [-0.4, -0.2) is 9.97 Å². The minimum atomic E-state index is 0.785. The molecule has 2 nitrogen and oxygen atoms in total. The van der Waals surface area contributed by atoms with E-state index in [0.29, 0.717) is 0 Å². The molecule has 0 saturated heterocycles. The molecule has 1 fully saturated rings. The van der Waals surface area contributed by atoms with Gasteiger partial charge in [0.05, 0.1) is 11.7 Å². The van der Waals surface area contributed by atoms with Crippen LogP contribution in [-0.2, 0) is 0 Å². The van der Waals surface area contributed by atoms with Gasteiger partial charge in [0.1, 0.15) is 0 Å². The first-order valence-electron chi connectivity index (χ1n) is 4.86. The number of nitrogens with one attached hydrogen (secondary N) is 1. The Bertz CT molecular complexity index is 393. The highest BCUT2D eigenvalue weighted by Gasteiger charge is 2.20. The van der Waals surface area contributed by atoms with Crippen LogP contribution in [0.4, 0.5) is 0 Å². The van der Waals surface area contributed by atoms with Crippen molar-refractivity contribution in [3.05, 3.63) is 30.2 Å². The first-order chi connectivity index (χ1) is 6.43. The maximum Gasteiger partial charge on any atom is 0.0642 e. The number of hydrogen-bond donors (Lipinski definition) is 1. The Hall–Kier alpha value is -1.31. The van der Waals surface area contributed by atoms with Gasteiger partial charge in [-0.25, -0.2) is 0 Å². The third-order valence-electron chi connectivity index (χ3n) is 2.99. The second-order valence-electron chi connectivity index (χ2n) is 3.82. The summed E-state index contributed by atoms with van der Waals surface area (Å²) in [6.45, 7) is 0. The minimum absolute atomic E-state index is 0.785. The number of aromatic nitrogens is 2. The summed E-state index contributed by atoms with van der Waals surface area (Å²) in [5.41, 5.74) is 2.57. The Morgan fingerprint density at radius 2 is 2.31 bits per heavy atom. The third-order valence-corrected chi connectivity index (χ3v) is 2.99. The second-order valence-corrected chi connectivity index (χ2v) is 3.82. The van der Waals surface area contributed by atoms with Crippen molar-refractivity contribution >= 4 is 10.9 Å². The van der Waals surface area contributed by atoms with Crippen molar-refractivity contribution in [2.24, 2.45) is 0 Å². The lowest BCUT2D eigenvalue weighted by Gasteiger charge is -2.23. The van der Waals surface area contributed by atoms with Gasteiger partial charge in [-0.15, -0.1) is 0 Å². The normalized spacial score (nSPS) is 17.5. The number of aromatic amines is 1. The lowest BCUT2D eigenvalue weighted by atomic mass is 9.83. The van der Waals surface area contributed by atoms with Crippen LogP contribution in [0, 0.1) is 0 Å². The van der Waals surface area contributed by atoms with Crippen LogP contribution in [0.15, 0.2) is 24.5 Å². The zero-order valence-corrected chi connectivity index (χ0v) is 7.46. The molecule has 2 heteroatoms. The maximum atomic E-state index is 4.10. The summed E-state index contributed by atoms with van der Waals surface area (Å²) in [6.07, 6.45) is 7.83. The molecule has 1 aliphatic rings. The number of pyridine rings is 1. The van der Waals surface area contributed by atoms with E-state index in [2.05, 4.69) is 22.1 Å². The number of fused-ring (bicyclic) bond motifs is 1.